The van der Waals surface area contributed by atoms with Gasteiger partial charge in [-0.1, -0.05) is 12.1 Å². The van der Waals surface area contributed by atoms with Crippen molar-refractivity contribution in [2.45, 2.75) is 6.92 Å². The lowest BCUT2D eigenvalue weighted by atomic mass is 10.3. The van der Waals surface area contributed by atoms with E-state index in [0.29, 0.717) is 29.9 Å². The number of hydrogen-bond donors (Lipinski definition) is 3. The summed E-state index contributed by atoms with van der Waals surface area (Å²) >= 11 is 1.38. The van der Waals surface area contributed by atoms with Gasteiger partial charge in [-0.25, -0.2) is 9.97 Å². The fourth-order valence-corrected chi connectivity index (χ4v) is 3.81. The maximum Gasteiger partial charge on any atom is 0.280 e. The Morgan fingerprint density at radius 2 is 1.84 bits per heavy atom. The summed E-state index contributed by atoms with van der Waals surface area (Å²) in [6, 6.07) is 17.2. The largest absolute Gasteiger partial charge is 0.497 e. The SMILES string of the molecule is COc1ccc(Nc2cc(C)nc(NCCNC(=O)c3nc4ccccc4s3)n2)cc1. The van der Waals surface area contributed by atoms with E-state index in [-0.39, 0.29) is 5.91 Å². The predicted octanol–water partition coefficient (Wildman–Crippen LogP) is 3.99. The highest BCUT2D eigenvalue weighted by molar-refractivity contribution is 7.20. The molecular weight excluding hydrogens is 412 g/mol. The van der Waals surface area contributed by atoms with Crippen LogP contribution in [0.5, 0.6) is 5.75 Å². The van der Waals surface area contributed by atoms with Crippen LogP contribution in [0.3, 0.4) is 0 Å². The summed E-state index contributed by atoms with van der Waals surface area (Å²) in [4.78, 5) is 25.6. The van der Waals surface area contributed by atoms with Crippen LogP contribution >= 0.6 is 11.3 Å². The Morgan fingerprint density at radius 1 is 1.03 bits per heavy atom. The number of carbonyl (C=O) groups is 1. The Bertz CT molecular complexity index is 1160. The number of carbonyl (C=O) groups excluding carboxylic acids is 1. The molecule has 3 N–H and O–H groups in total. The van der Waals surface area contributed by atoms with E-state index in [9.17, 15) is 4.79 Å². The fraction of sp³-hybridized carbons (Fsp3) is 0.182. The summed E-state index contributed by atoms with van der Waals surface area (Å²) in [6.07, 6.45) is 0. The van der Waals surface area contributed by atoms with E-state index in [1.54, 1.807) is 7.11 Å². The van der Waals surface area contributed by atoms with E-state index >= 15 is 0 Å². The fourth-order valence-electron chi connectivity index (χ4n) is 2.93. The first-order chi connectivity index (χ1) is 15.1. The Balaban J connectivity index is 1.31. The number of aromatic nitrogens is 3. The first-order valence-corrected chi connectivity index (χ1v) is 10.6. The number of methoxy groups -OCH3 is 1. The number of fused-ring (bicyclic) bond motifs is 1. The molecule has 2 aromatic carbocycles. The topological polar surface area (TPSA) is 101 Å². The van der Waals surface area contributed by atoms with Gasteiger partial charge < -0.3 is 20.7 Å². The summed E-state index contributed by atoms with van der Waals surface area (Å²) in [7, 11) is 1.63. The van der Waals surface area contributed by atoms with Crippen molar-refractivity contribution in [3.63, 3.8) is 0 Å². The maximum absolute atomic E-state index is 12.3. The van der Waals surface area contributed by atoms with Gasteiger partial charge in [0.25, 0.3) is 5.91 Å². The highest BCUT2D eigenvalue weighted by atomic mass is 32.1. The molecule has 0 bridgehead atoms. The van der Waals surface area contributed by atoms with E-state index in [0.717, 1.165) is 27.3 Å². The van der Waals surface area contributed by atoms with Crippen LogP contribution in [-0.4, -0.2) is 41.1 Å². The van der Waals surface area contributed by atoms with Crippen molar-refractivity contribution in [1.82, 2.24) is 20.3 Å². The molecule has 158 valence electrons. The van der Waals surface area contributed by atoms with Gasteiger partial charge >= 0.3 is 0 Å². The van der Waals surface area contributed by atoms with Gasteiger partial charge in [-0.2, -0.15) is 4.98 Å². The van der Waals surface area contributed by atoms with Crippen molar-refractivity contribution in [3.05, 3.63) is 65.3 Å². The number of ether oxygens (including phenoxy) is 1. The Labute approximate surface area is 183 Å². The summed E-state index contributed by atoms with van der Waals surface area (Å²) in [5.74, 6) is 1.78. The van der Waals surface area contributed by atoms with Crippen LogP contribution in [0.15, 0.2) is 54.6 Å². The molecule has 31 heavy (non-hydrogen) atoms. The number of rotatable bonds is 8. The molecule has 8 nitrogen and oxygen atoms in total. The Morgan fingerprint density at radius 3 is 2.61 bits per heavy atom. The van der Waals surface area contributed by atoms with Crippen LogP contribution in [0.25, 0.3) is 10.2 Å². The van der Waals surface area contributed by atoms with Crippen LogP contribution < -0.4 is 20.7 Å². The van der Waals surface area contributed by atoms with E-state index in [4.69, 9.17) is 4.74 Å². The van der Waals surface area contributed by atoms with Gasteiger partial charge in [0.1, 0.15) is 11.6 Å². The number of para-hydroxylation sites is 1. The molecule has 0 aliphatic carbocycles. The minimum atomic E-state index is -0.185. The number of nitrogens with one attached hydrogen (secondary N) is 3. The average molecular weight is 435 g/mol. The molecule has 4 aromatic rings. The molecule has 0 fully saturated rings. The van der Waals surface area contributed by atoms with E-state index in [1.807, 2.05) is 61.5 Å². The van der Waals surface area contributed by atoms with Crippen molar-refractivity contribution in [1.29, 1.82) is 0 Å². The van der Waals surface area contributed by atoms with Crippen LogP contribution in [0.4, 0.5) is 17.5 Å². The average Bonchev–Trinajstić information content (AvgIpc) is 3.21. The number of nitrogens with zero attached hydrogens (tertiary/aromatic N) is 3. The zero-order valence-electron chi connectivity index (χ0n) is 17.2. The normalized spacial score (nSPS) is 10.6. The molecule has 2 heterocycles. The minimum absolute atomic E-state index is 0.185. The molecule has 0 aliphatic rings. The second-order valence-electron chi connectivity index (χ2n) is 6.74. The maximum atomic E-state index is 12.3. The highest BCUT2D eigenvalue weighted by Gasteiger charge is 2.11. The minimum Gasteiger partial charge on any atom is -0.497 e. The van der Waals surface area contributed by atoms with Gasteiger partial charge in [0, 0.05) is 30.5 Å². The van der Waals surface area contributed by atoms with Gasteiger partial charge in [0.2, 0.25) is 5.95 Å². The molecule has 0 saturated carbocycles. The van der Waals surface area contributed by atoms with E-state index < -0.39 is 0 Å². The summed E-state index contributed by atoms with van der Waals surface area (Å²) in [5.41, 5.74) is 2.56. The first kappa shape index (κ1) is 20.5. The van der Waals surface area contributed by atoms with Crippen molar-refractivity contribution < 1.29 is 9.53 Å². The van der Waals surface area contributed by atoms with Crippen molar-refractivity contribution >= 4 is 44.9 Å². The van der Waals surface area contributed by atoms with Crippen LogP contribution in [-0.2, 0) is 0 Å². The zero-order valence-corrected chi connectivity index (χ0v) is 18.0. The molecule has 0 radical (unpaired) electrons. The molecule has 0 unspecified atom stereocenters. The molecular formula is C22H22N6O2S. The number of thiazole rings is 1. The first-order valence-electron chi connectivity index (χ1n) is 9.75. The van der Waals surface area contributed by atoms with Gasteiger partial charge in [0.15, 0.2) is 5.01 Å². The standard InChI is InChI=1S/C22H22N6O2S/c1-14-13-19(26-15-7-9-16(30-2)10-8-15)28-22(25-14)24-12-11-23-20(29)21-27-17-5-3-4-6-18(17)31-21/h3-10,13H,11-12H2,1-2H3,(H,23,29)(H2,24,25,26,28). The number of benzene rings is 2. The summed E-state index contributed by atoms with van der Waals surface area (Å²) in [6.45, 7) is 2.82. The third-order valence-electron chi connectivity index (χ3n) is 4.40. The molecule has 1 amide bonds. The van der Waals surface area contributed by atoms with Gasteiger partial charge in [0.05, 0.1) is 17.3 Å². The molecule has 4 rings (SSSR count). The van der Waals surface area contributed by atoms with Gasteiger partial charge in [-0.05, 0) is 43.3 Å². The zero-order chi connectivity index (χ0) is 21.6. The van der Waals surface area contributed by atoms with Gasteiger partial charge in [-0.3, -0.25) is 4.79 Å². The van der Waals surface area contributed by atoms with Crippen LogP contribution in [0.2, 0.25) is 0 Å². The monoisotopic (exact) mass is 434 g/mol. The van der Waals surface area contributed by atoms with Gasteiger partial charge in [-0.15, -0.1) is 11.3 Å². The number of amides is 1. The summed E-state index contributed by atoms with van der Waals surface area (Å²) in [5, 5.41) is 9.74. The third-order valence-corrected chi connectivity index (χ3v) is 5.43. The second-order valence-corrected chi connectivity index (χ2v) is 7.77. The number of hydrogen-bond acceptors (Lipinski definition) is 8. The molecule has 0 atom stereocenters. The third kappa shape index (κ3) is 5.26. The van der Waals surface area contributed by atoms with Crippen molar-refractivity contribution in [2.75, 3.05) is 30.8 Å². The van der Waals surface area contributed by atoms with Crippen LogP contribution in [0, 0.1) is 6.92 Å². The van der Waals surface area contributed by atoms with Crippen molar-refractivity contribution in [3.8, 4) is 5.75 Å². The lowest BCUT2D eigenvalue weighted by Crippen LogP contribution is -2.29. The van der Waals surface area contributed by atoms with Crippen molar-refractivity contribution in [2.24, 2.45) is 0 Å². The highest BCUT2D eigenvalue weighted by Crippen LogP contribution is 2.21. The quantitative estimate of drug-likeness (QED) is 0.361. The van der Waals surface area contributed by atoms with E-state index in [2.05, 4.69) is 30.9 Å². The molecule has 0 saturated heterocycles. The smallest absolute Gasteiger partial charge is 0.280 e. The molecule has 0 spiro atoms. The Kier molecular flexibility index (Phi) is 6.23. The Hall–Kier alpha value is -3.72. The summed E-state index contributed by atoms with van der Waals surface area (Å²) < 4.78 is 6.17. The second kappa shape index (κ2) is 9.40. The molecule has 9 heteroatoms. The lowest BCUT2D eigenvalue weighted by Gasteiger charge is -2.10. The van der Waals surface area contributed by atoms with Crippen LogP contribution in [0.1, 0.15) is 15.5 Å². The molecule has 0 aliphatic heterocycles. The lowest BCUT2D eigenvalue weighted by molar-refractivity contribution is 0.0955. The molecule has 2 aromatic heterocycles. The number of aryl methyl sites for hydroxylation is 1. The number of anilines is 3. The van der Waals surface area contributed by atoms with E-state index in [1.165, 1.54) is 11.3 Å². The predicted molar refractivity (Wildman–Crippen MR) is 123 cm³/mol.